The fourth-order valence-corrected chi connectivity index (χ4v) is 3.24. The second-order valence-corrected chi connectivity index (χ2v) is 6.02. The first-order valence-corrected chi connectivity index (χ1v) is 7.70. The smallest absolute Gasteiger partial charge is 0.262 e. The highest BCUT2D eigenvalue weighted by molar-refractivity contribution is 5.83. The molecule has 21 heavy (non-hydrogen) atoms. The van der Waals surface area contributed by atoms with Gasteiger partial charge in [-0.3, -0.25) is 4.79 Å². The first-order valence-electron chi connectivity index (χ1n) is 7.70. The minimum atomic E-state index is -0.703. The van der Waals surface area contributed by atoms with Crippen LogP contribution < -0.4 is 10.1 Å². The van der Waals surface area contributed by atoms with E-state index < -0.39 is 11.6 Å². The van der Waals surface area contributed by atoms with Gasteiger partial charge in [0.15, 0.2) is 6.10 Å². The lowest BCUT2D eigenvalue weighted by atomic mass is 9.91. The Balaban J connectivity index is 1.68. The number of nitrogens with one attached hydrogen (secondary N) is 1. The number of nitrogens with zero attached hydrogens (tertiary/aromatic N) is 1. The molecule has 1 unspecified atom stereocenters. The van der Waals surface area contributed by atoms with Crippen LogP contribution in [0.2, 0.25) is 0 Å². The Bertz CT molecular complexity index is 543. The Kier molecular flexibility index (Phi) is 3.83. The molecule has 1 fully saturated rings. The Morgan fingerprint density at radius 3 is 2.62 bits per heavy atom. The average molecular weight is 284 g/mol. The average Bonchev–Trinajstić information content (AvgIpc) is 2.81. The second kappa shape index (κ2) is 5.77. The van der Waals surface area contributed by atoms with E-state index in [2.05, 4.69) is 11.4 Å². The number of para-hydroxylation sites is 1. The summed E-state index contributed by atoms with van der Waals surface area (Å²) in [4.78, 5) is 12.5. The molecule has 0 spiro atoms. The van der Waals surface area contributed by atoms with E-state index in [-0.39, 0.29) is 5.91 Å². The maximum Gasteiger partial charge on any atom is 0.262 e. The molecule has 1 aliphatic carbocycles. The second-order valence-electron chi connectivity index (χ2n) is 6.02. The van der Waals surface area contributed by atoms with E-state index in [0.29, 0.717) is 6.42 Å². The van der Waals surface area contributed by atoms with E-state index in [1.165, 1.54) is 0 Å². The summed E-state index contributed by atoms with van der Waals surface area (Å²) in [5.74, 6) is 0.624. The van der Waals surface area contributed by atoms with Gasteiger partial charge in [-0.15, -0.1) is 0 Å². The van der Waals surface area contributed by atoms with Crippen LogP contribution in [0.5, 0.6) is 5.75 Å². The van der Waals surface area contributed by atoms with Gasteiger partial charge in [0.05, 0.1) is 6.07 Å². The molecule has 2 aliphatic rings. The van der Waals surface area contributed by atoms with E-state index in [0.717, 1.165) is 49.8 Å². The Morgan fingerprint density at radius 2 is 1.95 bits per heavy atom. The fraction of sp³-hybridized carbons (Fsp3) is 0.529. The highest BCUT2D eigenvalue weighted by Gasteiger charge is 2.37. The molecule has 1 aliphatic heterocycles. The third-order valence-electron chi connectivity index (χ3n) is 4.47. The quantitative estimate of drug-likeness (QED) is 0.849. The van der Waals surface area contributed by atoms with Gasteiger partial charge in [0.2, 0.25) is 0 Å². The van der Waals surface area contributed by atoms with Crippen LogP contribution in [0.15, 0.2) is 24.3 Å². The Morgan fingerprint density at radius 1 is 1.24 bits per heavy atom. The number of benzene rings is 1. The van der Waals surface area contributed by atoms with Crippen molar-refractivity contribution in [1.29, 1.82) is 5.26 Å². The maximum atomic E-state index is 12.5. The lowest BCUT2D eigenvalue weighted by Gasteiger charge is -2.27. The van der Waals surface area contributed by atoms with Gasteiger partial charge in [-0.05, 0) is 24.5 Å². The molecule has 0 aromatic heterocycles. The molecule has 4 heteroatoms. The van der Waals surface area contributed by atoms with Crippen LogP contribution in [0.4, 0.5) is 0 Å². The van der Waals surface area contributed by atoms with Crippen molar-refractivity contribution in [3.8, 4) is 11.8 Å². The molecule has 4 nitrogen and oxygen atoms in total. The van der Waals surface area contributed by atoms with E-state index in [1.807, 2.05) is 24.3 Å². The Labute approximate surface area is 125 Å². The van der Waals surface area contributed by atoms with Gasteiger partial charge in [0.25, 0.3) is 5.91 Å². The molecule has 0 saturated heterocycles. The number of carbonyl (C=O) groups is 1. The molecule has 1 atom stereocenters. The summed E-state index contributed by atoms with van der Waals surface area (Å²) in [6.07, 6.45) is 5.86. The van der Waals surface area contributed by atoms with Crippen molar-refractivity contribution in [2.45, 2.75) is 56.6 Å². The van der Waals surface area contributed by atoms with E-state index in [1.54, 1.807) is 0 Å². The zero-order valence-corrected chi connectivity index (χ0v) is 12.1. The number of rotatable bonds is 2. The zero-order valence-electron chi connectivity index (χ0n) is 12.1. The normalized spacial score (nSPS) is 23.3. The summed E-state index contributed by atoms with van der Waals surface area (Å²) in [6.45, 7) is 0. The van der Waals surface area contributed by atoms with Gasteiger partial charge >= 0.3 is 0 Å². The molecule has 0 radical (unpaired) electrons. The molecule has 1 aromatic rings. The van der Waals surface area contributed by atoms with E-state index >= 15 is 0 Å². The first-order chi connectivity index (χ1) is 10.2. The van der Waals surface area contributed by atoms with Crippen LogP contribution in [0, 0.1) is 11.3 Å². The number of nitriles is 1. The number of carbonyl (C=O) groups excluding carboxylic acids is 1. The van der Waals surface area contributed by atoms with Crippen molar-refractivity contribution >= 4 is 5.91 Å². The molecule has 110 valence electrons. The summed E-state index contributed by atoms with van der Waals surface area (Å²) in [5.41, 5.74) is 0.357. The molecular weight excluding hydrogens is 264 g/mol. The third-order valence-corrected chi connectivity index (χ3v) is 4.47. The minimum Gasteiger partial charge on any atom is -0.480 e. The number of amides is 1. The predicted octanol–water partition coefficient (Wildman–Crippen LogP) is 2.72. The first kappa shape index (κ1) is 13.9. The van der Waals surface area contributed by atoms with Crippen molar-refractivity contribution < 1.29 is 9.53 Å². The summed E-state index contributed by atoms with van der Waals surface area (Å²) < 4.78 is 5.71. The van der Waals surface area contributed by atoms with Gasteiger partial charge in [-0.25, -0.2) is 0 Å². The highest BCUT2D eigenvalue weighted by atomic mass is 16.5. The Hall–Kier alpha value is -2.02. The number of fused-ring (bicyclic) bond motifs is 1. The molecule has 1 heterocycles. The van der Waals surface area contributed by atoms with E-state index in [4.69, 9.17) is 4.74 Å². The molecule has 1 N–H and O–H groups in total. The fourth-order valence-electron chi connectivity index (χ4n) is 3.24. The van der Waals surface area contributed by atoms with Crippen molar-refractivity contribution in [3.05, 3.63) is 29.8 Å². The van der Waals surface area contributed by atoms with Crippen LogP contribution in [-0.2, 0) is 11.2 Å². The number of hydrogen-bond donors (Lipinski definition) is 1. The SMILES string of the molecule is N#CC1(NC(=O)C2Cc3ccccc3O2)CCCCCC1. The van der Waals surface area contributed by atoms with Gasteiger partial charge in [-0.1, -0.05) is 43.9 Å². The van der Waals surface area contributed by atoms with E-state index in [9.17, 15) is 10.1 Å². The van der Waals surface area contributed by atoms with Crippen LogP contribution in [0.3, 0.4) is 0 Å². The summed E-state index contributed by atoms with van der Waals surface area (Å²) in [5, 5.41) is 12.5. The van der Waals surface area contributed by atoms with Crippen LogP contribution >= 0.6 is 0 Å². The molecule has 1 amide bonds. The molecule has 0 bridgehead atoms. The van der Waals surface area contributed by atoms with Crippen LogP contribution in [0.1, 0.15) is 44.1 Å². The molecule has 1 saturated carbocycles. The molecular formula is C17H20N2O2. The minimum absolute atomic E-state index is 0.158. The van der Waals surface area contributed by atoms with Crippen LogP contribution in [0.25, 0.3) is 0 Å². The highest BCUT2D eigenvalue weighted by Crippen LogP contribution is 2.30. The summed E-state index contributed by atoms with van der Waals surface area (Å²) >= 11 is 0. The number of hydrogen-bond acceptors (Lipinski definition) is 3. The monoisotopic (exact) mass is 284 g/mol. The van der Waals surface area contributed by atoms with Gasteiger partial charge in [0.1, 0.15) is 11.3 Å². The van der Waals surface area contributed by atoms with Crippen molar-refractivity contribution in [1.82, 2.24) is 5.32 Å². The van der Waals surface area contributed by atoms with Crippen molar-refractivity contribution in [2.24, 2.45) is 0 Å². The predicted molar refractivity (Wildman–Crippen MR) is 78.8 cm³/mol. The van der Waals surface area contributed by atoms with Crippen molar-refractivity contribution in [2.75, 3.05) is 0 Å². The third kappa shape index (κ3) is 2.87. The topological polar surface area (TPSA) is 62.1 Å². The number of ether oxygens (including phenoxy) is 1. The maximum absolute atomic E-state index is 12.5. The zero-order chi connectivity index (χ0) is 14.7. The molecule has 1 aromatic carbocycles. The molecule has 3 rings (SSSR count). The summed E-state index contributed by atoms with van der Waals surface area (Å²) in [6, 6.07) is 10.1. The van der Waals surface area contributed by atoms with Crippen LogP contribution in [-0.4, -0.2) is 17.6 Å². The largest absolute Gasteiger partial charge is 0.480 e. The lowest BCUT2D eigenvalue weighted by molar-refractivity contribution is -0.128. The standard InChI is InChI=1S/C17H20N2O2/c18-12-17(9-5-1-2-6-10-17)19-16(20)15-11-13-7-3-4-8-14(13)21-15/h3-4,7-8,15H,1-2,5-6,9-11H2,(H,19,20). The van der Waals surface area contributed by atoms with Gasteiger partial charge < -0.3 is 10.1 Å². The summed E-state index contributed by atoms with van der Waals surface area (Å²) in [7, 11) is 0. The van der Waals surface area contributed by atoms with Gasteiger partial charge in [0, 0.05) is 6.42 Å². The van der Waals surface area contributed by atoms with Crippen molar-refractivity contribution in [3.63, 3.8) is 0 Å². The lowest BCUT2D eigenvalue weighted by Crippen LogP contribution is -2.51. The van der Waals surface area contributed by atoms with Gasteiger partial charge in [-0.2, -0.15) is 5.26 Å².